The van der Waals surface area contributed by atoms with E-state index in [0.717, 1.165) is 74.9 Å². The number of benzene rings is 2. The van der Waals surface area contributed by atoms with Crippen LogP contribution in [-0.4, -0.2) is 37.6 Å². The minimum Gasteiger partial charge on any atom is -0.378 e. The Balaban J connectivity index is 1.46. The minimum absolute atomic E-state index is 0.0232. The van der Waals surface area contributed by atoms with Gasteiger partial charge in [0.25, 0.3) is 0 Å². The van der Waals surface area contributed by atoms with E-state index in [1.54, 1.807) is 18.2 Å². The fourth-order valence-corrected chi connectivity index (χ4v) is 5.91. The highest BCUT2D eigenvalue weighted by Gasteiger charge is 2.43. The molecule has 3 unspecified atom stereocenters. The van der Waals surface area contributed by atoms with Crippen molar-refractivity contribution in [1.29, 1.82) is 0 Å². The molecule has 2 aromatic rings. The zero-order valence-electron chi connectivity index (χ0n) is 18.0. The quantitative estimate of drug-likeness (QED) is 0.616. The number of fused-ring (bicyclic) bond motifs is 3. The van der Waals surface area contributed by atoms with Gasteiger partial charge in [-0.15, -0.1) is 0 Å². The van der Waals surface area contributed by atoms with Gasteiger partial charge in [-0.05, 0) is 78.5 Å². The van der Waals surface area contributed by atoms with Crippen molar-refractivity contribution in [3.8, 4) is 0 Å². The lowest BCUT2D eigenvalue weighted by Crippen LogP contribution is -2.46. The first-order valence-corrected chi connectivity index (χ1v) is 11.5. The van der Waals surface area contributed by atoms with Crippen LogP contribution < -0.4 is 10.6 Å². The Hall–Kier alpha value is -2.12. The minimum atomic E-state index is -4.35. The third-order valence-electron chi connectivity index (χ3n) is 7.48. The number of piperazine rings is 1. The van der Waals surface area contributed by atoms with E-state index in [9.17, 15) is 17.6 Å². The second-order valence-corrected chi connectivity index (χ2v) is 9.47. The number of halogens is 4. The third-order valence-corrected chi connectivity index (χ3v) is 7.48. The van der Waals surface area contributed by atoms with Gasteiger partial charge in [-0.1, -0.05) is 12.1 Å². The first-order valence-electron chi connectivity index (χ1n) is 11.5. The lowest BCUT2D eigenvalue weighted by molar-refractivity contribution is -0.137. The predicted molar refractivity (Wildman–Crippen MR) is 117 cm³/mol. The average molecular weight is 448 g/mol. The Morgan fingerprint density at radius 2 is 1.72 bits per heavy atom. The van der Waals surface area contributed by atoms with E-state index in [1.807, 2.05) is 0 Å². The summed E-state index contributed by atoms with van der Waals surface area (Å²) in [5.74, 6) is 0.445. The summed E-state index contributed by atoms with van der Waals surface area (Å²) in [6.45, 7) is 5.05. The van der Waals surface area contributed by atoms with Crippen LogP contribution >= 0.6 is 0 Å². The van der Waals surface area contributed by atoms with Gasteiger partial charge in [0.05, 0.1) is 11.6 Å². The number of hydrogen-bond donors (Lipinski definition) is 2. The summed E-state index contributed by atoms with van der Waals surface area (Å²) >= 11 is 0. The van der Waals surface area contributed by atoms with Crippen LogP contribution in [0.25, 0.3) is 0 Å². The van der Waals surface area contributed by atoms with E-state index in [0.29, 0.717) is 5.92 Å². The summed E-state index contributed by atoms with van der Waals surface area (Å²) in [6.07, 6.45) is -1.44. The molecule has 172 valence electrons. The Labute approximate surface area is 186 Å². The maximum absolute atomic E-state index is 13.5. The number of hydrogen-bond acceptors (Lipinski definition) is 3. The van der Waals surface area contributed by atoms with Gasteiger partial charge in [0.15, 0.2) is 0 Å². The summed E-state index contributed by atoms with van der Waals surface area (Å²) in [7, 11) is 0. The van der Waals surface area contributed by atoms with Gasteiger partial charge in [0.1, 0.15) is 5.82 Å². The number of alkyl halides is 3. The van der Waals surface area contributed by atoms with Gasteiger partial charge in [-0.3, -0.25) is 0 Å². The Bertz CT molecular complexity index is 937. The van der Waals surface area contributed by atoms with Crippen molar-refractivity contribution in [2.45, 2.75) is 37.4 Å². The van der Waals surface area contributed by atoms with Crippen molar-refractivity contribution in [2.75, 3.05) is 38.0 Å². The highest BCUT2D eigenvalue weighted by Crippen LogP contribution is 2.53. The molecule has 2 heterocycles. The zero-order chi connectivity index (χ0) is 22.3. The van der Waals surface area contributed by atoms with Crippen LogP contribution in [-0.2, 0) is 6.18 Å². The molecule has 1 saturated carbocycles. The normalized spacial score (nSPS) is 28.5. The average Bonchev–Trinajstić information content (AvgIpc) is 2.79. The SMILES string of the molecule is Fc1ccc([C@@H]2Nc3ccc(C(F)(F)F)cc3C3CC(CN4CCNCC4)CCC32)cc1. The molecule has 2 fully saturated rings. The number of nitrogens with one attached hydrogen (secondary N) is 2. The van der Waals surface area contributed by atoms with E-state index >= 15 is 0 Å². The van der Waals surface area contributed by atoms with Crippen molar-refractivity contribution >= 4 is 5.69 Å². The monoisotopic (exact) mass is 447 g/mol. The molecule has 32 heavy (non-hydrogen) atoms. The highest BCUT2D eigenvalue weighted by molar-refractivity contribution is 5.59. The lowest BCUT2D eigenvalue weighted by Gasteiger charge is -2.47. The molecule has 7 heteroatoms. The van der Waals surface area contributed by atoms with Gasteiger partial charge in [-0.2, -0.15) is 13.2 Å². The molecule has 5 rings (SSSR count). The fraction of sp³-hybridized carbons (Fsp3) is 0.520. The van der Waals surface area contributed by atoms with Gasteiger partial charge in [0, 0.05) is 38.4 Å². The molecule has 3 nitrogen and oxygen atoms in total. The summed E-state index contributed by atoms with van der Waals surface area (Å²) in [6, 6.07) is 10.6. The molecule has 3 aliphatic rings. The van der Waals surface area contributed by atoms with Gasteiger partial charge in [0.2, 0.25) is 0 Å². The second kappa shape index (κ2) is 8.67. The summed E-state index contributed by atoms with van der Waals surface area (Å²) in [5.41, 5.74) is 1.97. The molecule has 2 aliphatic heterocycles. The smallest absolute Gasteiger partial charge is 0.378 e. The molecule has 1 aliphatic carbocycles. The lowest BCUT2D eigenvalue weighted by atomic mass is 9.65. The summed E-state index contributed by atoms with van der Waals surface area (Å²) in [4.78, 5) is 2.48. The maximum atomic E-state index is 13.5. The molecule has 2 aromatic carbocycles. The molecule has 4 atom stereocenters. The molecule has 0 amide bonds. The molecule has 0 bridgehead atoms. The van der Waals surface area contributed by atoms with Gasteiger partial charge in [-0.25, -0.2) is 4.39 Å². The summed E-state index contributed by atoms with van der Waals surface area (Å²) < 4.78 is 54.0. The Morgan fingerprint density at radius 3 is 2.44 bits per heavy atom. The third kappa shape index (κ3) is 4.37. The molecule has 2 N–H and O–H groups in total. The predicted octanol–water partition coefficient (Wildman–Crippen LogP) is 5.42. The first kappa shape index (κ1) is 21.7. The van der Waals surface area contributed by atoms with Crippen LogP contribution in [0.1, 0.15) is 47.9 Å². The van der Waals surface area contributed by atoms with E-state index < -0.39 is 11.7 Å². The van der Waals surface area contributed by atoms with Crippen molar-refractivity contribution in [2.24, 2.45) is 11.8 Å². The first-order chi connectivity index (χ1) is 15.4. The summed E-state index contributed by atoms with van der Waals surface area (Å²) in [5, 5.41) is 6.87. The largest absolute Gasteiger partial charge is 0.416 e. The number of anilines is 1. The van der Waals surface area contributed by atoms with Gasteiger partial charge >= 0.3 is 6.18 Å². The van der Waals surface area contributed by atoms with Crippen LogP contribution in [0.2, 0.25) is 0 Å². The Morgan fingerprint density at radius 1 is 0.969 bits per heavy atom. The molecule has 0 aromatic heterocycles. The standard InChI is InChI=1S/C25H29F4N3/c26-19-5-2-17(3-6-19)24-20-7-1-16(15-32-11-9-30-10-12-32)13-21(20)22-14-18(25(27,28)29)4-8-23(22)31-24/h2-6,8,14,16,20-21,24,30-31H,1,7,9-13,15H2/t16?,20?,21?,24-/m0/s1. The van der Waals surface area contributed by atoms with Crippen molar-refractivity contribution in [3.63, 3.8) is 0 Å². The second-order valence-electron chi connectivity index (χ2n) is 9.47. The van der Waals surface area contributed by atoms with E-state index in [-0.39, 0.29) is 23.7 Å². The van der Waals surface area contributed by atoms with Crippen LogP contribution in [0.3, 0.4) is 0 Å². The highest BCUT2D eigenvalue weighted by atomic mass is 19.4. The van der Waals surface area contributed by atoms with E-state index in [4.69, 9.17) is 0 Å². The topological polar surface area (TPSA) is 27.3 Å². The molecular weight excluding hydrogens is 418 g/mol. The fourth-order valence-electron chi connectivity index (χ4n) is 5.91. The van der Waals surface area contributed by atoms with Crippen molar-refractivity contribution in [1.82, 2.24) is 10.2 Å². The molecule has 0 radical (unpaired) electrons. The van der Waals surface area contributed by atoms with Gasteiger partial charge < -0.3 is 15.5 Å². The zero-order valence-corrected chi connectivity index (χ0v) is 18.0. The number of rotatable bonds is 3. The maximum Gasteiger partial charge on any atom is 0.416 e. The Kier molecular flexibility index (Phi) is 5.88. The number of nitrogens with zero attached hydrogens (tertiary/aromatic N) is 1. The van der Waals surface area contributed by atoms with E-state index in [1.165, 1.54) is 18.2 Å². The molecule has 0 spiro atoms. The van der Waals surface area contributed by atoms with E-state index in [2.05, 4.69) is 15.5 Å². The van der Waals surface area contributed by atoms with Crippen molar-refractivity contribution < 1.29 is 17.6 Å². The molecular formula is C25H29F4N3. The van der Waals surface area contributed by atoms with Crippen LogP contribution in [0.5, 0.6) is 0 Å². The van der Waals surface area contributed by atoms with Crippen molar-refractivity contribution in [3.05, 3.63) is 65.0 Å². The van der Waals surface area contributed by atoms with Crippen LogP contribution in [0.4, 0.5) is 23.2 Å². The molecule has 1 saturated heterocycles. The van der Waals surface area contributed by atoms with Crippen LogP contribution in [0, 0.1) is 17.7 Å². The van der Waals surface area contributed by atoms with Crippen LogP contribution in [0.15, 0.2) is 42.5 Å².